The van der Waals surface area contributed by atoms with Crippen molar-refractivity contribution < 1.29 is 9.53 Å². The summed E-state index contributed by atoms with van der Waals surface area (Å²) >= 11 is 5.18. The van der Waals surface area contributed by atoms with Gasteiger partial charge in [-0.1, -0.05) is 48.5 Å². The maximum absolute atomic E-state index is 13.2. The number of allylic oxidation sites excluding steroid dienone is 1. The molecule has 9 heteroatoms. The molecule has 0 amide bonds. The van der Waals surface area contributed by atoms with Crippen LogP contribution in [0.2, 0.25) is 0 Å². The lowest BCUT2D eigenvalue weighted by Crippen LogP contribution is -2.30. The summed E-state index contributed by atoms with van der Waals surface area (Å²) in [4.78, 5) is 31.8. The molecule has 2 aromatic heterocycles. The van der Waals surface area contributed by atoms with E-state index in [1.165, 1.54) is 7.11 Å². The minimum atomic E-state index is -0.744. The second-order valence-corrected chi connectivity index (χ2v) is 8.27. The Bertz CT molecular complexity index is 1530. The third kappa shape index (κ3) is 3.65. The van der Waals surface area contributed by atoms with E-state index in [0.29, 0.717) is 33.9 Å². The van der Waals surface area contributed by atoms with Gasteiger partial charge >= 0.3 is 5.97 Å². The third-order valence-corrected chi connectivity index (χ3v) is 6.00. The predicted octanol–water partition coefficient (Wildman–Crippen LogP) is 4.29. The SMILES string of the molecule is COC(=O)C1=C(C)Nc2[nH]c(=S)[nH]c(=O)c2C1c1cn(-c2ccccc2)nc1-c1ccccc1. The van der Waals surface area contributed by atoms with Crippen molar-refractivity contribution in [3.63, 3.8) is 0 Å². The standard InChI is InChI=1S/C25H21N5O3S/c1-14-18(24(32)33-2)19(20-22(26-14)27-25(34)28-23(20)31)17-13-30(16-11-7-4-8-12-16)29-21(17)15-9-5-3-6-10-15/h3-13,19H,1-2H3,(H3,26,27,28,31,34). The number of para-hydroxylation sites is 1. The van der Waals surface area contributed by atoms with Gasteiger partial charge in [-0.2, -0.15) is 5.10 Å². The average molecular weight is 472 g/mol. The number of aromatic nitrogens is 4. The largest absolute Gasteiger partial charge is 0.466 e. The van der Waals surface area contributed by atoms with Crippen LogP contribution in [0.15, 0.2) is 82.9 Å². The number of carbonyl (C=O) groups is 1. The van der Waals surface area contributed by atoms with Gasteiger partial charge < -0.3 is 15.0 Å². The highest BCUT2D eigenvalue weighted by Gasteiger charge is 2.38. The summed E-state index contributed by atoms with van der Waals surface area (Å²) in [6.45, 7) is 1.77. The number of nitrogens with zero attached hydrogens (tertiary/aromatic N) is 2. The van der Waals surface area contributed by atoms with E-state index in [9.17, 15) is 9.59 Å². The van der Waals surface area contributed by atoms with Crippen LogP contribution in [-0.4, -0.2) is 32.8 Å². The Morgan fingerprint density at radius 1 is 1.06 bits per heavy atom. The maximum atomic E-state index is 13.2. The molecule has 0 aliphatic carbocycles. The molecule has 5 rings (SSSR count). The Morgan fingerprint density at radius 2 is 1.74 bits per heavy atom. The Balaban J connectivity index is 1.84. The van der Waals surface area contributed by atoms with E-state index in [1.807, 2.05) is 66.9 Å². The van der Waals surface area contributed by atoms with Gasteiger partial charge in [-0.25, -0.2) is 9.48 Å². The lowest BCUT2D eigenvalue weighted by molar-refractivity contribution is -0.136. The van der Waals surface area contributed by atoms with Gasteiger partial charge in [-0.05, 0) is 31.3 Å². The van der Waals surface area contributed by atoms with Gasteiger partial charge in [0.25, 0.3) is 5.56 Å². The Labute approximate surface area is 199 Å². The third-order valence-electron chi connectivity index (χ3n) is 5.80. The molecule has 0 saturated carbocycles. The maximum Gasteiger partial charge on any atom is 0.336 e. The number of aromatic amines is 2. The monoisotopic (exact) mass is 471 g/mol. The summed E-state index contributed by atoms with van der Waals surface area (Å²) in [5.41, 5.74) is 3.88. The molecule has 170 valence electrons. The molecule has 0 spiro atoms. The molecule has 2 aromatic carbocycles. The van der Waals surface area contributed by atoms with Crippen LogP contribution in [0, 0.1) is 4.77 Å². The van der Waals surface area contributed by atoms with Crippen LogP contribution in [0.5, 0.6) is 0 Å². The number of carbonyl (C=O) groups excluding carboxylic acids is 1. The van der Waals surface area contributed by atoms with Crippen LogP contribution in [0.1, 0.15) is 24.0 Å². The van der Waals surface area contributed by atoms with E-state index in [1.54, 1.807) is 11.6 Å². The van der Waals surface area contributed by atoms with Gasteiger partial charge in [0, 0.05) is 23.0 Å². The molecule has 1 unspecified atom stereocenters. The normalized spacial score (nSPS) is 14.9. The number of rotatable bonds is 4. The Kier molecular flexibility index (Phi) is 5.46. The Morgan fingerprint density at radius 3 is 2.41 bits per heavy atom. The van der Waals surface area contributed by atoms with Crippen LogP contribution in [0.25, 0.3) is 16.9 Å². The van der Waals surface area contributed by atoms with Crippen molar-refractivity contribution in [1.82, 2.24) is 19.7 Å². The summed E-state index contributed by atoms with van der Waals surface area (Å²) in [6.07, 6.45) is 1.86. The molecule has 0 radical (unpaired) electrons. The molecule has 0 fully saturated rings. The van der Waals surface area contributed by atoms with E-state index in [2.05, 4.69) is 15.3 Å². The van der Waals surface area contributed by atoms with Gasteiger partial charge in [-0.15, -0.1) is 0 Å². The zero-order valence-electron chi connectivity index (χ0n) is 18.5. The minimum Gasteiger partial charge on any atom is -0.466 e. The summed E-state index contributed by atoms with van der Waals surface area (Å²) in [7, 11) is 1.32. The first kappa shape index (κ1) is 21.6. The lowest BCUT2D eigenvalue weighted by Gasteiger charge is -2.28. The predicted molar refractivity (Wildman–Crippen MR) is 131 cm³/mol. The number of fused-ring (bicyclic) bond motifs is 1. The van der Waals surface area contributed by atoms with Gasteiger partial charge in [0.15, 0.2) is 4.77 Å². The average Bonchev–Trinajstić information content (AvgIpc) is 3.29. The second-order valence-electron chi connectivity index (χ2n) is 7.86. The van der Waals surface area contributed by atoms with Crippen molar-refractivity contribution in [1.29, 1.82) is 0 Å². The lowest BCUT2D eigenvalue weighted by atomic mass is 9.81. The summed E-state index contributed by atoms with van der Waals surface area (Å²) in [5, 5.41) is 7.98. The van der Waals surface area contributed by atoms with Crippen molar-refractivity contribution in [2.75, 3.05) is 12.4 Å². The molecule has 0 saturated heterocycles. The van der Waals surface area contributed by atoms with E-state index in [4.69, 9.17) is 22.1 Å². The van der Waals surface area contributed by atoms with E-state index in [-0.39, 0.29) is 4.77 Å². The number of hydrogen-bond donors (Lipinski definition) is 3. The Hall–Kier alpha value is -4.24. The van der Waals surface area contributed by atoms with Gasteiger partial charge in [0.1, 0.15) is 5.82 Å². The van der Waals surface area contributed by atoms with Crippen LogP contribution in [0.3, 0.4) is 0 Å². The fourth-order valence-corrected chi connectivity index (χ4v) is 4.50. The number of H-pyrrole nitrogens is 2. The van der Waals surface area contributed by atoms with Crippen molar-refractivity contribution in [3.05, 3.63) is 104 Å². The van der Waals surface area contributed by atoms with Crippen LogP contribution in [-0.2, 0) is 9.53 Å². The van der Waals surface area contributed by atoms with Crippen LogP contribution >= 0.6 is 12.2 Å². The molecule has 3 heterocycles. The first-order valence-corrected chi connectivity index (χ1v) is 11.0. The molecule has 1 atom stereocenters. The number of benzene rings is 2. The van der Waals surface area contributed by atoms with Gasteiger partial charge in [0.05, 0.1) is 35.5 Å². The summed E-state index contributed by atoms with van der Waals surface area (Å²) in [5.74, 6) is -0.837. The molecule has 3 N–H and O–H groups in total. The zero-order valence-corrected chi connectivity index (χ0v) is 19.3. The van der Waals surface area contributed by atoms with Crippen molar-refractivity contribution >= 4 is 24.0 Å². The second kappa shape index (κ2) is 8.60. The highest BCUT2D eigenvalue weighted by molar-refractivity contribution is 7.71. The molecule has 34 heavy (non-hydrogen) atoms. The molecular weight excluding hydrogens is 450 g/mol. The highest BCUT2D eigenvalue weighted by atomic mass is 32.1. The van der Waals surface area contributed by atoms with Crippen LogP contribution < -0.4 is 10.9 Å². The highest BCUT2D eigenvalue weighted by Crippen LogP contribution is 2.43. The summed E-state index contributed by atoms with van der Waals surface area (Å²) < 4.78 is 7.06. The molecule has 0 bridgehead atoms. The minimum absolute atomic E-state index is 0.188. The van der Waals surface area contributed by atoms with Gasteiger partial charge in [-0.3, -0.25) is 9.78 Å². The molecule has 8 nitrogen and oxygen atoms in total. The smallest absolute Gasteiger partial charge is 0.336 e. The van der Waals surface area contributed by atoms with Crippen molar-refractivity contribution in [2.24, 2.45) is 0 Å². The number of hydrogen-bond acceptors (Lipinski definition) is 6. The molecule has 4 aromatic rings. The topological polar surface area (TPSA) is 105 Å². The van der Waals surface area contributed by atoms with Crippen LogP contribution in [0.4, 0.5) is 5.82 Å². The van der Waals surface area contributed by atoms with Crippen molar-refractivity contribution in [2.45, 2.75) is 12.8 Å². The summed E-state index contributed by atoms with van der Waals surface area (Å²) in [6, 6.07) is 19.3. The van der Waals surface area contributed by atoms with E-state index >= 15 is 0 Å². The fraction of sp³-hybridized carbons (Fsp3) is 0.120. The zero-order chi connectivity index (χ0) is 23.8. The van der Waals surface area contributed by atoms with Crippen molar-refractivity contribution in [3.8, 4) is 16.9 Å². The molecular formula is C25H21N5O3S. The number of esters is 1. The number of methoxy groups -OCH3 is 1. The molecule has 1 aliphatic rings. The first-order chi connectivity index (χ1) is 16.5. The molecule has 1 aliphatic heterocycles. The van der Waals surface area contributed by atoms with E-state index in [0.717, 1.165) is 11.3 Å². The first-order valence-electron chi connectivity index (χ1n) is 10.6. The fourth-order valence-electron chi connectivity index (χ4n) is 4.31. The quantitative estimate of drug-likeness (QED) is 0.303. The number of anilines is 1. The van der Waals surface area contributed by atoms with Gasteiger partial charge in [0.2, 0.25) is 0 Å². The number of nitrogens with one attached hydrogen (secondary N) is 3. The number of ether oxygens (including phenoxy) is 1. The van der Waals surface area contributed by atoms with E-state index < -0.39 is 17.4 Å².